The van der Waals surface area contributed by atoms with Gasteiger partial charge in [-0.15, -0.1) is 0 Å². The van der Waals surface area contributed by atoms with Crippen LogP contribution in [0.5, 0.6) is 5.75 Å². The Hall–Kier alpha value is -1.02. The van der Waals surface area contributed by atoms with E-state index in [1.807, 2.05) is 6.07 Å². The first-order valence-corrected chi connectivity index (χ1v) is 3.28. The van der Waals surface area contributed by atoms with E-state index in [0.717, 1.165) is 5.56 Å². The molecule has 0 spiro atoms. The van der Waals surface area contributed by atoms with Crippen molar-refractivity contribution in [2.75, 3.05) is 0 Å². The molecule has 1 atom stereocenters. The molecule has 2 nitrogen and oxygen atoms in total. The number of aliphatic hydroxyl groups excluding tert-OH is 1. The molecule has 2 heteroatoms. The van der Waals surface area contributed by atoms with Crippen molar-refractivity contribution in [2.45, 2.75) is 12.5 Å². The molecule has 0 aromatic heterocycles. The summed E-state index contributed by atoms with van der Waals surface area (Å²) in [5, 5.41) is 18.3. The minimum absolute atomic E-state index is 0.219. The molecule has 0 amide bonds. The number of hydrogen-bond donors (Lipinski definition) is 2. The van der Waals surface area contributed by atoms with E-state index in [0.29, 0.717) is 12.0 Å². The standard InChI is InChI=1S/C8H8O2/c9-6-3-1-2-5-4-7(10)8(5)6/h1-3,7,9-10H,4H2. The molecule has 0 fully saturated rings. The summed E-state index contributed by atoms with van der Waals surface area (Å²) in [6.07, 6.45) is 0.250. The van der Waals surface area contributed by atoms with Crippen LogP contribution < -0.4 is 0 Å². The van der Waals surface area contributed by atoms with E-state index in [1.165, 1.54) is 0 Å². The second-order valence-electron chi connectivity index (χ2n) is 2.57. The minimum atomic E-state index is -0.434. The van der Waals surface area contributed by atoms with Gasteiger partial charge < -0.3 is 10.2 Å². The van der Waals surface area contributed by atoms with Gasteiger partial charge in [0.25, 0.3) is 0 Å². The quantitative estimate of drug-likeness (QED) is 0.558. The van der Waals surface area contributed by atoms with Gasteiger partial charge in [-0.3, -0.25) is 0 Å². The van der Waals surface area contributed by atoms with E-state index in [9.17, 15) is 0 Å². The van der Waals surface area contributed by atoms with Gasteiger partial charge in [-0.1, -0.05) is 12.1 Å². The molecule has 52 valence electrons. The van der Waals surface area contributed by atoms with Crippen LogP contribution >= 0.6 is 0 Å². The second kappa shape index (κ2) is 1.73. The van der Waals surface area contributed by atoms with Gasteiger partial charge in [0.1, 0.15) is 5.75 Å². The number of benzene rings is 1. The Labute approximate surface area is 58.7 Å². The van der Waals surface area contributed by atoms with Gasteiger partial charge in [0.05, 0.1) is 6.10 Å². The maximum atomic E-state index is 9.16. The summed E-state index contributed by atoms with van der Waals surface area (Å²) in [4.78, 5) is 0. The van der Waals surface area contributed by atoms with Crippen LogP contribution in [0.4, 0.5) is 0 Å². The summed E-state index contributed by atoms with van der Waals surface area (Å²) in [7, 11) is 0. The fourth-order valence-corrected chi connectivity index (χ4v) is 1.34. The van der Waals surface area contributed by atoms with Crippen molar-refractivity contribution in [3.8, 4) is 5.75 Å². The molecular weight excluding hydrogens is 128 g/mol. The lowest BCUT2D eigenvalue weighted by atomic mass is 9.85. The summed E-state index contributed by atoms with van der Waals surface area (Å²) in [6.45, 7) is 0. The molecule has 1 aromatic carbocycles. The van der Waals surface area contributed by atoms with Gasteiger partial charge in [-0.05, 0) is 11.6 Å². The van der Waals surface area contributed by atoms with Crippen LogP contribution in [-0.2, 0) is 6.42 Å². The minimum Gasteiger partial charge on any atom is -0.508 e. The van der Waals surface area contributed by atoms with Gasteiger partial charge >= 0.3 is 0 Å². The van der Waals surface area contributed by atoms with E-state index in [2.05, 4.69) is 0 Å². The zero-order chi connectivity index (χ0) is 7.14. The monoisotopic (exact) mass is 136 g/mol. The van der Waals surface area contributed by atoms with Gasteiger partial charge in [0, 0.05) is 12.0 Å². The highest BCUT2D eigenvalue weighted by Gasteiger charge is 2.26. The first-order valence-electron chi connectivity index (χ1n) is 3.28. The normalized spacial score (nSPS) is 21.5. The molecule has 10 heavy (non-hydrogen) atoms. The van der Waals surface area contributed by atoms with Crippen molar-refractivity contribution in [1.82, 2.24) is 0 Å². The molecule has 1 unspecified atom stereocenters. The molecule has 0 saturated heterocycles. The lowest BCUT2D eigenvalue weighted by Crippen LogP contribution is -2.15. The number of aliphatic hydroxyl groups is 1. The lowest BCUT2D eigenvalue weighted by molar-refractivity contribution is 0.149. The summed E-state index contributed by atoms with van der Waals surface area (Å²) in [5.74, 6) is 0.219. The Bertz CT molecular complexity index is 254. The largest absolute Gasteiger partial charge is 0.508 e. The Morgan fingerprint density at radius 2 is 2.20 bits per heavy atom. The molecule has 2 N–H and O–H groups in total. The molecule has 0 saturated carbocycles. The number of phenolic OH excluding ortho intramolecular Hbond substituents is 1. The zero-order valence-corrected chi connectivity index (χ0v) is 5.41. The van der Waals surface area contributed by atoms with Crippen LogP contribution in [0.1, 0.15) is 17.2 Å². The molecule has 2 rings (SSSR count). The van der Waals surface area contributed by atoms with E-state index in [1.54, 1.807) is 12.1 Å². The average molecular weight is 136 g/mol. The van der Waals surface area contributed by atoms with Crippen molar-refractivity contribution >= 4 is 0 Å². The van der Waals surface area contributed by atoms with Crippen LogP contribution in [0.25, 0.3) is 0 Å². The molecule has 0 bridgehead atoms. The summed E-state index contributed by atoms with van der Waals surface area (Å²) < 4.78 is 0. The van der Waals surface area contributed by atoms with E-state index in [4.69, 9.17) is 10.2 Å². The number of fused-ring (bicyclic) bond motifs is 1. The Morgan fingerprint density at radius 1 is 1.40 bits per heavy atom. The SMILES string of the molecule is Oc1cccc2c1C(O)C2. The Balaban J connectivity index is 2.58. The van der Waals surface area contributed by atoms with Crippen molar-refractivity contribution in [3.05, 3.63) is 29.3 Å². The first kappa shape index (κ1) is 5.74. The maximum Gasteiger partial charge on any atom is 0.121 e. The first-order chi connectivity index (χ1) is 4.79. The average Bonchev–Trinajstić information content (AvgIpc) is 1.85. The number of aromatic hydroxyl groups is 1. The van der Waals surface area contributed by atoms with Gasteiger partial charge in [0.2, 0.25) is 0 Å². The topological polar surface area (TPSA) is 40.5 Å². The van der Waals surface area contributed by atoms with Crippen LogP contribution in [0, 0.1) is 0 Å². The number of phenols is 1. The molecule has 0 heterocycles. The van der Waals surface area contributed by atoms with Gasteiger partial charge in [-0.2, -0.15) is 0 Å². The number of rotatable bonds is 0. The third-order valence-corrected chi connectivity index (χ3v) is 1.92. The van der Waals surface area contributed by atoms with Crippen molar-refractivity contribution in [2.24, 2.45) is 0 Å². The highest BCUT2D eigenvalue weighted by Crippen LogP contribution is 2.38. The molecule has 1 aromatic rings. The van der Waals surface area contributed by atoms with Crippen LogP contribution in [-0.4, -0.2) is 10.2 Å². The predicted molar refractivity (Wildman–Crippen MR) is 36.8 cm³/mol. The van der Waals surface area contributed by atoms with E-state index >= 15 is 0 Å². The maximum absolute atomic E-state index is 9.16. The smallest absolute Gasteiger partial charge is 0.121 e. The highest BCUT2D eigenvalue weighted by molar-refractivity contribution is 5.47. The molecule has 1 aliphatic carbocycles. The summed E-state index contributed by atoms with van der Waals surface area (Å²) in [6, 6.07) is 5.31. The highest BCUT2D eigenvalue weighted by atomic mass is 16.3. The molecule has 0 aliphatic heterocycles. The fourth-order valence-electron chi connectivity index (χ4n) is 1.34. The third-order valence-electron chi connectivity index (χ3n) is 1.92. The fraction of sp³-hybridized carbons (Fsp3) is 0.250. The Morgan fingerprint density at radius 3 is 2.70 bits per heavy atom. The predicted octanol–water partition coefficient (Wildman–Crippen LogP) is 0.982. The van der Waals surface area contributed by atoms with E-state index < -0.39 is 6.10 Å². The van der Waals surface area contributed by atoms with Crippen LogP contribution in [0.3, 0.4) is 0 Å². The number of hydrogen-bond acceptors (Lipinski definition) is 2. The molecular formula is C8H8O2. The lowest BCUT2D eigenvalue weighted by Gasteiger charge is -2.25. The molecule has 1 aliphatic rings. The van der Waals surface area contributed by atoms with Gasteiger partial charge in [-0.25, -0.2) is 0 Å². The molecule has 0 radical (unpaired) electrons. The second-order valence-corrected chi connectivity index (χ2v) is 2.57. The zero-order valence-electron chi connectivity index (χ0n) is 5.41. The summed E-state index contributed by atoms with van der Waals surface area (Å²) >= 11 is 0. The van der Waals surface area contributed by atoms with Gasteiger partial charge in [0.15, 0.2) is 0 Å². The van der Waals surface area contributed by atoms with Crippen molar-refractivity contribution in [3.63, 3.8) is 0 Å². The van der Waals surface area contributed by atoms with Crippen LogP contribution in [0.15, 0.2) is 18.2 Å². The van der Waals surface area contributed by atoms with Crippen LogP contribution in [0.2, 0.25) is 0 Å². The third kappa shape index (κ3) is 0.567. The Kier molecular flexibility index (Phi) is 0.995. The van der Waals surface area contributed by atoms with E-state index in [-0.39, 0.29) is 5.75 Å². The van der Waals surface area contributed by atoms with Crippen molar-refractivity contribution < 1.29 is 10.2 Å². The summed E-state index contributed by atoms with van der Waals surface area (Å²) in [5.41, 5.74) is 1.77. The van der Waals surface area contributed by atoms with Crippen molar-refractivity contribution in [1.29, 1.82) is 0 Å².